The maximum absolute atomic E-state index is 14.3. The molecule has 1 N–H and O–H groups in total. The Bertz CT molecular complexity index is 1540. The van der Waals surface area contributed by atoms with Gasteiger partial charge in [0.2, 0.25) is 5.12 Å². The van der Waals surface area contributed by atoms with Gasteiger partial charge in [-0.1, -0.05) is 58.0 Å². The quantitative estimate of drug-likeness (QED) is 0.194. The van der Waals surface area contributed by atoms with Crippen LogP contribution in [0, 0.1) is 29.1 Å². The number of likely N-dealkylation sites (N-methyl/N-ethyl adjacent to an activating group) is 1. The molecular weight excluding hydrogens is 725 g/mol. The van der Waals surface area contributed by atoms with Crippen LogP contribution < -0.4 is 0 Å². The number of carbonyl (C=O) groups is 4. The number of fused-ring (bicyclic) bond motifs is 5. The third kappa shape index (κ3) is 9.50. The Balaban J connectivity index is 1.61. The van der Waals surface area contributed by atoms with Crippen LogP contribution in [0.25, 0.3) is 0 Å². The molecule has 0 spiro atoms. The standard InChI is InChI=1S/C42H62N2O10S/c1-10-32-42(6)33-27(4)44(9)23-25(2)22-41(5,20-16-12-15-19-30(33)37(47)54-42)35(26(3)38(48)55-40(49)51-32)53-39-34(31(43(7)8)21-29(24-45)50-39)52-36(46)28-17-13-11-14-18-28/h11-15,17-18,25-27,29-35,39,45H,10,16,19-24H2,1-9H3/b15-12+/t25-,26-,27-,29+,30?,31?,32-,33+,34-,35-,39+,41-,42-/m1/s1. The number of rotatable bonds is 7. The zero-order valence-corrected chi connectivity index (χ0v) is 34.8. The molecule has 13 atom stereocenters. The van der Waals surface area contributed by atoms with Crippen LogP contribution >= 0.6 is 11.8 Å². The number of allylic oxidation sites excluding steroid dienone is 2. The summed E-state index contributed by atoms with van der Waals surface area (Å²) in [6.45, 7) is 12.3. The van der Waals surface area contributed by atoms with Crippen LogP contribution in [0.4, 0.5) is 4.79 Å². The summed E-state index contributed by atoms with van der Waals surface area (Å²) < 4.78 is 32.0. The van der Waals surface area contributed by atoms with Gasteiger partial charge in [-0.3, -0.25) is 9.59 Å². The number of hydrogen-bond donors (Lipinski definition) is 1. The summed E-state index contributed by atoms with van der Waals surface area (Å²) in [6, 6.07) is 8.21. The van der Waals surface area contributed by atoms with Gasteiger partial charge in [0.05, 0.1) is 42.3 Å². The Kier molecular flexibility index (Phi) is 14.3. The number of aliphatic hydroxyl groups is 1. The second kappa shape index (κ2) is 18.2. The average molecular weight is 787 g/mol. The lowest BCUT2D eigenvalue weighted by atomic mass is 9.69. The lowest BCUT2D eigenvalue weighted by Gasteiger charge is -2.48. The summed E-state index contributed by atoms with van der Waals surface area (Å²) in [4.78, 5) is 59.5. The summed E-state index contributed by atoms with van der Waals surface area (Å²) in [5, 5.41) is 9.17. The van der Waals surface area contributed by atoms with Crippen molar-refractivity contribution in [2.24, 2.45) is 29.1 Å². The molecule has 5 rings (SSSR count). The van der Waals surface area contributed by atoms with E-state index in [-0.39, 0.29) is 36.5 Å². The fourth-order valence-corrected chi connectivity index (χ4v) is 10.4. The predicted octanol–water partition coefficient (Wildman–Crippen LogP) is 6.10. The van der Waals surface area contributed by atoms with E-state index in [2.05, 4.69) is 44.9 Å². The molecule has 55 heavy (non-hydrogen) atoms. The van der Waals surface area contributed by atoms with Crippen molar-refractivity contribution in [1.82, 2.24) is 9.80 Å². The minimum Gasteiger partial charge on any atom is -0.455 e. The summed E-state index contributed by atoms with van der Waals surface area (Å²) in [6.07, 6.45) is 3.02. The van der Waals surface area contributed by atoms with Crippen LogP contribution in [-0.2, 0) is 33.3 Å². The SMILES string of the molecule is CC[C@H]1OC(=O)SC(=O)[C@H](C)[C@@H](O[C@@H]2O[C@H](CO)CC(N(C)C)[C@H]2OC(=O)c2ccccc2)[C@]2(C)CC/C=C/CC3C(=O)O[C@@]1(C)[C@H]3[C@@H](C)N(C)C[C@H](C)C2. The number of aliphatic hydroxyl groups excluding tert-OH is 1. The topological polar surface area (TPSA) is 141 Å². The zero-order valence-electron chi connectivity index (χ0n) is 34.0. The number of thioether (sulfide) groups is 1. The summed E-state index contributed by atoms with van der Waals surface area (Å²) in [5.41, 5.74) is -1.39. The summed E-state index contributed by atoms with van der Waals surface area (Å²) >= 11 is 0.499. The molecule has 0 aromatic heterocycles. The highest BCUT2D eigenvalue weighted by molar-refractivity contribution is 8.25. The van der Waals surface area contributed by atoms with Crippen LogP contribution in [0.15, 0.2) is 42.5 Å². The van der Waals surface area contributed by atoms with Crippen molar-refractivity contribution < 1.29 is 48.0 Å². The van der Waals surface area contributed by atoms with Gasteiger partial charge in [0.15, 0.2) is 18.0 Å². The van der Waals surface area contributed by atoms with Gasteiger partial charge in [-0.2, -0.15) is 0 Å². The van der Waals surface area contributed by atoms with Crippen LogP contribution in [0.5, 0.6) is 0 Å². The molecule has 0 amide bonds. The van der Waals surface area contributed by atoms with Crippen LogP contribution in [0.1, 0.15) is 90.4 Å². The number of nitrogens with zero attached hydrogens (tertiary/aromatic N) is 2. The number of esters is 2. The first-order chi connectivity index (χ1) is 26.0. The minimum absolute atomic E-state index is 0.106. The zero-order chi connectivity index (χ0) is 40.2. The molecule has 3 saturated heterocycles. The van der Waals surface area contributed by atoms with Gasteiger partial charge in [-0.25, -0.2) is 9.59 Å². The number of carbonyl (C=O) groups excluding carboxylic acids is 4. The van der Waals surface area contributed by atoms with Crippen molar-refractivity contribution in [3.63, 3.8) is 0 Å². The monoisotopic (exact) mass is 786 g/mol. The van der Waals surface area contributed by atoms with E-state index in [1.807, 2.05) is 38.9 Å². The molecule has 1 aromatic carbocycles. The molecule has 2 bridgehead atoms. The molecule has 13 heteroatoms. The van der Waals surface area contributed by atoms with E-state index in [1.54, 1.807) is 31.2 Å². The fraction of sp³-hybridized carbons (Fsp3) is 0.714. The molecule has 4 aliphatic heterocycles. The number of cyclic esters (lactones) is 1. The highest BCUT2D eigenvalue weighted by Crippen LogP contribution is 2.49. The molecule has 12 nitrogen and oxygen atoms in total. The molecule has 4 heterocycles. The Labute approximate surface area is 331 Å². The highest BCUT2D eigenvalue weighted by atomic mass is 32.2. The van der Waals surface area contributed by atoms with E-state index in [1.165, 1.54) is 0 Å². The third-order valence-corrected chi connectivity index (χ3v) is 13.4. The van der Waals surface area contributed by atoms with Crippen LogP contribution in [-0.4, -0.2) is 120 Å². The first-order valence-corrected chi connectivity index (χ1v) is 20.7. The van der Waals surface area contributed by atoms with E-state index in [0.29, 0.717) is 62.4 Å². The van der Waals surface area contributed by atoms with Crippen molar-refractivity contribution in [3.8, 4) is 0 Å². The Morgan fingerprint density at radius 2 is 1.80 bits per heavy atom. The van der Waals surface area contributed by atoms with Gasteiger partial charge in [0.25, 0.3) is 0 Å². The molecule has 4 aliphatic rings. The lowest BCUT2D eigenvalue weighted by Crippen LogP contribution is -2.59. The number of hydrogen-bond acceptors (Lipinski definition) is 13. The second-order valence-corrected chi connectivity index (χ2v) is 17.9. The lowest BCUT2D eigenvalue weighted by molar-refractivity contribution is -0.291. The molecule has 306 valence electrons. The maximum Gasteiger partial charge on any atom is 0.375 e. The van der Waals surface area contributed by atoms with Crippen molar-refractivity contribution in [3.05, 3.63) is 48.0 Å². The largest absolute Gasteiger partial charge is 0.455 e. The first-order valence-electron chi connectivity index (χ1n) is 19.9. The molecule has 0 radical (unpaired) electrons. The van der Waals surface area contributed by atoms with Crippen LogP contribution in [0.2, 0.25) is 0 Å². The number of benzene rings is 1. The molecule has 1 aromatic rings. The van der Waals surface area contributed by atoms with Gasteiger partial charge < -0.3 is 38.6 Å². The van der Waals surface area contributed by atoms with Crippen molar-refractivity contribution in [1.29, 1.82) is 0 Å². The smallest absolute Gasteiger partial charge is 0.375 e. The van der Waals surface area contributed by atoms with Gasteiger partial charge >= 0.3 is 17.2 Å². The Morgan fingerprint density at radius 3 is 2.45 bits per heavy atom. The molecule has 3 fully saturated rings. The van der Waals surface area contributed by atoms with Crippen molar-refractivity contribution >= 4 is 34.1 Å². The third-order valence-electron chi connectivity index (χ3n) is 12.6. The Hall–Kier alpha value is -2.81. The normalized spacial score (nSPS) is 40.1. The molecule has 0 saturated carbocycles. The van der Waals surface area contributed by atoms with E-state index in [0.717, 1.165) is 0 Å². The van der Waals surface area contributed by atoms with Gasteiger partial charge in [0.1, 0.15) is 6.10 Å². The second-order valence-electron chi connectivity index (χ2n) is 17.0. The van der Waals surface area contributed by atoms with Gasteiger partial charge in [0, 0.05) is 30.3 Å². The van der Waals surface area contributed by atoms with E-state index < -0.39 is 69.9 Å². The van der Waals surface area contributed by atoms with Crippen molar-refractivity contribution in [2.45, 2.75) is 128 Å². The Morgan fingerprint density at radius 1 is 1.09 bits per heavy atom. The first kappa shape index (κ1) is 43.3. The number of ether oxygens (including phenoxy) is 5. The van der Waals surface area contributed by atoms with E-state index >= 15 is 0 Å². The molecule has 2 unspecified atom stereocenters. The average Bonchev–Trinajstić information content (AvgIpc) is 3.40. The van der Waals surface area contributed by atoms with E-state index in [9.17, 15) is 24.3 Å². The maximum atomic E-state index is 14.3. The summed E-state index contributed by atoms with van der Waals surface area (Å²) in [5.74, 6) is -2.30. The minimum atomic E-state index is -1.15. The molecule has 0 aliphatic carbocycles. The van der Waals surface area contributed by atoms with Gasteiger partial charge in [-0.15, -0.1) is 0 Å². The highest BCUT2D eigenvalue weighted by Gasteiger charge is 2.60. The summed E-state index contributed by atoms with van der Waals surface area (Å²) in [7, 11) is 5.82. The fourth-order valence-electron chi connectivity index (χ4n) is 9.79. The predicted molar refractivity (Wildman–Crippen MR) is 209 cm³/mol. The van der Waals surface area contributed by atoms with E-state index in [4.69, 9.17) is 23.7 Å². The van der Waals surface area contributed by atoms with Crippen LogP contribution in [0.3, 0.4) is 0 Å². The molecular formula is C42H62N2O10S. The van der Waals surface area contributed by atoms with Crippen molar-refractivity contribution in [2.75, 3.05) is 34.3 Å². The van der Waals surface area contributed by atoms with Gasteiger partial charge in [-0.05, 0) is 97.0 Å².